The van der Waals surface area contributed by atoms with E-state index >= 15 is 0 Å². The molecule has 138 valence electrons. The molecule has 2 aromatic rings. The van der Waals surface area contributed by atoms with Gasteiger partial charge in [-0.05, 0) is 61.7 Å². The van der Waals surface area contributed by atoms with Gasteiger partial charge in [0, 0.05) is 24.7 Å². The van der Waals surface area contributed by atoms with E-state index in [1.54, 1.807) is 0 Å². The number of likely N-dealkylation sites (tertiary alicyclic amines) is 1. The van der Waals surface area contributed by atoms with E-state index in [1.165, 1.54) is 12.1 Å². The Balaban J connectivity index is 1.64. The largest absolute Gasteiger partial charge is 0.494 e. The highest BCUT2D eigenvalue weighted by atomic mass is 19.1. The zero-order chi connectivity index (χ0) is 18.4. The molecule has 1 aliphatic rings. The van der Waals surface area contributed by atoms with E-state index in [4.69, 9.17) is 4.74 Å². The third-order valence-corrected chi connectivity index (χ3v) is 4.72. The molecule has 0 spiro atoms. The maximum Gasteiger partial charge on any atom is 0.321 e. The van der Waals surface area contributed by atoms with Crippen molar-refractivity contribution in [2.24, 2.45) is 0 Å². The van der Waals surface area contributed by atoms with Gasteiger partial charge in [0.25, 0.3) is 0 Å². The molecular weight excluding hydrogens is 331 g/mol. The van der Waals surface area contributed by atoms with Crippen LogP contribution in [0, 0.1) is 5.82 Å². The minimum Gasteiger partial charge on any atom is -0.494 e. The van der Waals surface area contributed by atoms with Crippen molar-refractivity contribution in [3.63, 3.8) is 0 Å². The number of ether oxygens (including phenoxy) is 1. The summed E-state index contributed by atoms with van der Waals surface area (Å²) in [7, 11) is 0. The van der Waals surface area contributed by atoms with Crippen molar-refractivity contribution in [3.8, 4) is 5.75 Å². The molecule has 1 saturated heterocycles. The number of anilines is 1. The lowest BCUT2D eigenvalue weighted by atomic mass is 9.94. The Hall–Kier alpha value is -2.56. The Morgan fingerprint density at radius 3 is 2.58 bits per heavy atom. The standard InChI is InChI=1S/C21H25FN2O2/c1-2-26-20-12-10-19(11-13-20)23-21(25)24-14-4-3-5-17(15-24)16-6-8-18(22)9-7-16/h6-13,17H,2-5,14-15H2,1H3,(H,23,25). The molecular formula is C21H25FN2O2. The molecule has 0 bridgehead atoms. The first-order valence-electron chi connectivity index (χ1n) is 9.20. The summed E-state index contributed by atoms with van der Waals surface area (Å²) in [5, 5.41) is 2.96. The molecule has 1 atom stereocenters. The van der Waals surface area contributed by atoms with Crippen LogP contribution in [0.2, 0.25) is 0 Å². The number of rotatable bonds is 4. The Kier molecular flexibility index (Phi) is 6.10. The highest BCUT2D eigenvalue weighted by molar-refractivity contribution is 5.89. The SMILES string of the molecule is CCOc1ccc(NC(=O)N2CCCCC(c3ccc(F)cc3)C2)cc1. The van der Waals surface area contributed by atoms with Crippen LogP contribution in [0.25, 0.3) is 0 Å². The summed E-state index contributed by atoms with van der Waals surface area (Å²) in [6.07, 6.45) is 3.06. The van der Waals surface area contributed by atoms with Gasteiger partial charge in [0.1, 0.15) is 11.6 Å². The van der Waals surface area contributed by atoms with E-state index in [0.717, 1.165) is 42.8 Å². The zero-order valence-corrected chi connectivity index (χ0v) is 15.1. The third kappa shape index (κ3) is 4.75. The maximum atomic E-state index is 13.2. The Bertz CT molecular complexity index is 716. The van der Waals surface area contributed by atoms with E-state index in [1.807, 2.05) is 48.2 Å². The van der Waals surface area contributed by atoms with Crippen LogP contribution >= 0.6 is 0 Å². The van der Waals surface area contributed by atoms with Gasteiger partial charge in [-0.2, -0.15) is 0 Å². The average molecular weight is 356 g/mol. The van der Waals surface area contributed by atoms with Crippen LogP contribution in [0.1, 0.15) is 37.7 Å². The smallest absolute Gasteiger partial charge is 0.321 e. The normalized spacial score (nSPS) is 17.5. The number of carbonyl (C=O) groups excluding carboxylic acids is 1. The third-order valence-electron chi connectivity index (χ3n) is 4.72. The molecule has 4 nitrogen and oxygen atoms in total. The van der Waals surface area contributed by atoms with Gasteiger partial charge in [0.05, 0.1) is 6.61 Å². The van der Waals surface area contributed by atoms with Gasteiger partial charge >= 0.3 is 6.03 Å². The average Bonchev–Trinajstić information content (AvgIpc) is 2.91. The van der Waals surface area contributed by atoms with Crippen molar-refractivity contribution in [3.05, 3.63) is 59.9 Å². The number of nitrogens with one attached hydrogen (secondary N) is 1. The van der Waals surface area contributed by atoms with E-state index in [9.17, 15) is 9.18 Å². The summed E-state index contributed by atoms with van der Waals surface area (Å²) in [6.45, 7) is 3.94. The topological polar surface area (TPSA) is 41.6 Å². The fourth-order valence-electron chi connectivity index (χ4n) is 3.34. The van der Waals surface area contributed by atoms with Crippen molar-refractivity contribution in [1.82, 2.24) is 4.90 Å². The summed E-state index contributed by atoms with van der Waals surface area (Å²) in [6, 6.07) is 13.9. The van der Waals surface area contributed by atoms with Crippen molar-refractivity contribution in [2.45, 2.75) is 32.1 Å². The molecule has 0 aliphatic carbocycles. The monoisotopic (exact) mass is 356 g/mol. The lowest BCUT2D eigenvalue weighted by molar-refractivity contribution is 0.211. The van der Waals surface area contributed by atoms with Crippen LogP contribution in [-0.2, 0) is 0 Å². The van der Waals surface area contributed by atoms with Gasteiger partial charge < -0.3 is 15.0 Å². The van der Waals surface area contributed by atoms with Crippen LogP contribution in [0.5, 0.6) is 5.75 Å². The Morgan fingerprint density at radius 1 is 1.15 bits per heavy atom. The first-order valence-corrected chi connectivity index (χ1v) is 9.20. The molecule has 1 N–H and O–H groups in total. The number of amides is 2. The second kappa shape index (κ2) is 8.70. The zero-order valence-electron chi connectivity index (χ0n) is 15.1. The van der Waals surface area contributed by atoms with Crippen LogP contribution in [0.4, 0.5) is 14.9 Å². The number of halogens is 1. The number of hydrogen-bond acceptors (Lipinski definition) is 2. The molecule has 1 heterocycles. The molecule has 1 fully saturated rings. The van der Waals surface area contributed by atoms with Gasteiger partial charge in [0.2, 0.25) is 0 Å². The second-order valence-electron chi connectivity index (χ2n) is 6.58. The second-order valence-corrected chi connectivity index (χ2v) is 6.58. The summed E-state index contributed by atoms with van der Waals surface area (Å²) < 4.78 is 18.6. The van der Waals surface area contributed by atoms with Crippen LogP contribution < -0.4 is 10.1 Å². The highest BCUT2D eigenvalue weighted by Gasteiger charge is 2.23. The Morgan fingerprint density at radius 2 is 1.88 bits per heavy atom. The van der Waals surface area contributed by atoms with E-state index in [-0.39, 0.29) is 17.8 Å². The number of nitrogens with zero attached hydrogens (tertiary/aromatic N) is 1. The number of carbonyl (C=O) groups is 1. The van der Waals surface area contributed by atoms with Gasteiger partial charge in [-0.15, -0.1) is 0 Å². The number of hydrogen-bond donors (Lipinski definition) is 1. The van der Waals surface area contributed by atoms with Crippen molar-refractivity contribution in [2.75, 3.05) is 25.0 Å². The lowest BCUT2D eigenvalue weighted by Crippen LogP contribution is -2.37. The van der Waals surface area contributed by atoms with Crippen LogP contribution in [-0.4, -0.2) is 30.6 Å². The first kappa shape index (κ1) is 18.2. The van der Waals surface area contributed by atoms with Gasteiger partial charge in [-0.3, -0.25) is 0 Å². The molecule has 1 aliphatic heterocycles. The number of benzene rings is 2. The fraction of sp³-hybridized carbons (Fsp3) is 0.381. The van der Waals surface area contributed by atoms with E-state index in [2.05, 4.69) is 5.32 Å². The molecule has 26 heavy (non-hydrogen) atoms. The maximum absolute atomic E-state index is 13.2. The van der Waals surface area contributed by atoms with E-state index in [0.29, 0.717) is 13.2 Å². The van der Waals surface area contributed by atoms with Gasteiger partial charge in [-0.1, -0.05) is 18.6 Å². The first-order chi connectivity index (χ1) is 12.7. The molecule has 1 unspecified atom stereocenters. The summed E-state index contributed by atoms with van der Waals surface area (Å²) in [5.74, 6) is 0.799. The molecule has 0 radical (unpaired) electrons. The van der Waals surface area contributed by atoms with Crippen molar-refractivity contribution >= 4 is 11.7 Å². The van der Waals surface area contributed by atoms with E-state index < -0.39 is 0 Å². The van der Waals surface area contributed by atoms with Crippen LogP contribution in [0.3, 0.4) is 0 Å². The van der Waals surface area contributed by atoms with Crippen molar-refractivity contribution in [1.29, 1.82) is 0 Å². The predicted octanol–water partition coefficient (Wildman–Crippen LogP) is 5.03. The lowest BCUT2D eigenvalue weighted by Gasteiger charge is -2.25. The molecule has 5 heteroatoms. The molecule has 0 saturated carbocycles. The fourth-order valence-corrected chi connectivity index (χ4v) is 3.34. The summed E-state index contributed by atoms with van der Waals surface area (Å²) in [4.78, 5) is 14.5. The molecule has 2 amide bonds. The van der Waals surface area contributed by atoms with Gasteiger partial charge in [0.15, 0.2) is 0 Å². The molecule has 2 aromatic carbocycles. The molecule has 0 aromatic heterocycles. The minimum absolute atomic E-state index is 0.0943. The summed E-state index contributed by atoms with van der Waals surface area (Å²) >= 11 is 0. The van der Waals surface area contributed by atoms with Gasteiger partial charge in [-0.25, -0.2) is 9.18 Å². The quantitative estimate of drug-likeness (QED) is 0.835. The predicted molar refractivity (Wildman–Crippen MR) is 101 cm³/mol. The molecule has 3 rings (SSSR count). The highest BCUT2D eigenvalue weighted by Crippen LogP contribution is 2.27. The summed E-state index contributed by atoms with van der Waals surface area (Å²) in [5.41, 5.74) is 1.84. The van der Waals surface area contributed by atoms with Crippen LogP contribution in [0.15, 0.2) is 48.5 Å². The Labute approximate surface area is 154 Å². The minimum atomic E-state index is -0.229. The number of urea groups is 1. The van der Waals surface area contributed by atoms with Crippen molar-refractivity contribution < 1.29 is 13.9 Å².